The van der Waals surface area contributed by atoms with Crippen LogP contribution in [0.1, 0.15) is 59.6 Å². The summed E-state index contributed by atoms with van der Waals surface area (Å²) < 4.78 is 2.18. The van der Waals surface area contributed by atoms with Gasteiger partial charge in [0.1, 0.15) is 0 Å². The Bertz CT molecular complexity index is 1950. The summed E-state index contributed by atoms with van der Waals surface area (Å²) in [5, 5.41) is 11.9. The molecule has 2 heterocycles. The lowest BCUT2D eigenvalue weighted by Gasteiger charge is -2.10. The number of nitrogens with zero attached hydrogens (tertiary/aromatic N) is 3. The molecule has 0 fully saturated rings. The van der Waals surface area contributed by atoms with Crippen molar-refractivity contribution in [1.29, 1.82) is 0 Å². The Hall–Kier alpha value is -4.89. The second-order valence-electron chi connectivity index (χ2n) is 10.4. The lowest BCUT2D eigenvalue weighted by molar-refractivity contribution is -0.141. The minimum atomic E-state index is -0.476. The first-order valence-corrected chi connectivity index (χ1v) is 14.4. The Morgan fingerprint density at radius 2 is 1.57 bits per heavy atom. The molecule has 5 aromatic rings. The molecule has 210 valence electrons. The highest BCUT2D eigenvalue weighted by atomic mass is 32.1. The summed E-state index contributed by atoms with van der Waals surface area (Å²) in [6.45, 7) is 6.49. The molecule has 0 saturated heterocycles. The summed E-state index contributed by atoms with van der Waals surface area (Å²) in [5.74, 6) is -0.878. The Labute approximate surface area is 245 Å². The molecular weight excluding hydrogens is 550 g/mol. The summed E-state index contributed by atoms with van der Waals surface area (Å²) >= 11 is 1.42. The predicted molar refractivity (Wildman–Crippen MR) is 164 cm³/mol. The molecule has 2 aromatic heterocycles. The van der Waals surface area contributed by atoms with Crippen molar-refractivity contribution in [2.45, 2.75) is 34.1 Å². The number of fused-ring (bicyclic) bond motifs is 4. The number of oxime groups is 2. The monoisotopic (exact) mass is 577 g/mol. The molecule has 42 heavy (non-hydrogen) atoms. The Balaban J connectivity index is 1.54. The molecule has 0 radical (unpaired) electrons. The lowest BCUT2D eigenvalue weighted by Crippen LogP contribution is -2.08. The fourth-order valence-corrected chi connectivity index (χ4v) is 6.15. The molecule has 1 atom stereocenters. The molecule has 0 bridgehead atoms. The van der Waals surface area contributed by atoms with Crippen LogP contribution in [0.4, 0.5) is 0 Å². The van der Waals surface area contributed by atoms with E-state index in [1.165, 1.54) is 25.2 Å². The van der Waals surface area contributed by atoms with Crippen LogP contribution in [0.2, 0.25) is 0 Å². The Morgan fingerprint density at radius 1 is 0.857 bits per heavy atom. The van der Waals surface area contributed by atoms with Gasteiger partial charge in [-0.1, -0.05) is 35.4 Å². The summed E-state index contributed by atoms with van der Waals surface area (Å²) in [6.07, 6.45) is 0.764. The van der Waals surface area contributed by atoms with Gasteiger partial charge < -0.3 is 14.2 Å². The van der Waals surface area contributed by atoms with Gasteiger partial charge in [0.2, 0.25) is 5.78 Å². The molecule has 9 heteroatoms. The average molecular weight is 578 g/mol. The number of aromatic nitrogens is 1. The predicted octanol–water partition coefficient (Wildman–Crippen LogP) is 6.82. The van der Waals surface area contributed by atoms with Crippen LogP contribution in [0.3, 0.4) is 0 Å². The number of hydrogen-bond donors (Lipinski definition) is 0. The standard InChI is InChI=1S/C33H27N3O5S/c1-18-14-24-16-30-28(17-26(24)32(18)35-41-21(4)38)27-15-23(33(39)31-6-5-13-42-31)9-12-29(27)36(30)25-10-7-22(8-11-25)19(2)34-40-20(3)37/h5-13,15-18H,14H2,1-4H3. The van der Waals surface area contributed by atoms with Gasteiger partial charge in [0, 0.05) is 47.4 Å². The zero-order chi connectivity index (χ0) is 29.5. The van der Waals surface area contributed by atoms with Crippen molar-refractivity contribution in [3.63, 3.8) is 0 Å². The Morgan fingerprint density at radius 3 is 2.26 bits per heavy atom. The maximum atomic E-state index is 13.3. The second kappa shape index (κ2) is 10.8. The highest BCUT2D eigenvalue weighted by Gasteiger charge is 2.28. The molecule has 8 nitrogen and oxygen atoms in total. The van der Waals surface area contributed by atoms with E-state index < -0.39 is 11.9 Å². The van der Waals surface area contributed by atoms with E-state index in [9.17, 15) is 14.4 Å². The number of ketones is 1. The van der Waals surface area contributed by atoms with Crippen molar-refractivity contribution >= 4 is 62.3 Å². The molecule has 1 unspecified atom stereocenters. The highest BCUT2D eigenvalue weighted by molar-refractivity contribution is 7.12. The van der Waals surface area contributed by atoms with Gasteiger partial charge in [0.25, 0.3) is 0 Å². The van der Waals surface area contributed by atoms with Crippen LogP contribution < -0.4 is 0 Å². The van der Waals surface area contributed by atoms with Crippen LogP contribution >= 0.6 is 11.3 Å². The van der Waals surface area contributed by atoms with Gasteiger partial charge >= 0.3 is 11.9 Å². The van der Waals surface area contributed by atoms with Gasteiger partial charge in [-0.2, -0.15) is 0 Å². The number of benzene rings is 3. The SMILES string of the molecule is CC(=O)ON=C(C)c1ccc(-n2c3ccc(C(=O)c4cccs4)cc3c3cc4c(cc32)CC(C)C4=NOC(C)=O)cc1. The summed E-state index contributed by atoms with van der Waals surface area (Å²) in [4.78, 5) is 46.5. The van der Waals surface area contributed by atoms with Gasteiger partial charge in [0.05, 0.1) is 27.3 Å². The highest BCUT2D eigenvalue weighted by Crippen LogP contribution is 2.38. The molecular formula is C33H27N3O5S. The summed E-state index contributed by atoms with van der Waals surface area (Å²) in [5.41, 5.74) is 7.67. The third-order valence-corrected chi connectivity index (χ3v) is 8.26. The summed E-state index contributed by atoms with van der Waals surface area (Å²) in [7, 11) is 0. The number of carbonyl (C=O) groups excluding carboxylic acids is 3. The van der Waals surface area contributed by atoms with Gasteiger partial charge in [-0.15, -0.1) is 11.3 Å². The van der Waals surface area contributed by atoms with E-state index in [0.717, 1.165) is 56.3 Å². The third-order valence-electron chi connectivity index (χ3n) is 7.39. The van der Waals surface area contributed by atoms with Crippen molar-refractivity contribution in [2.75, 3.05) is 0 Å². The zero-order valence-corrected chi connectivity index (χ0v) is 24.3. The smallest absolute Gasteiger partial charge is 0.318 e. The van der Waals surface area contributed by atoms with Crippen molar-refractivity contribution < 1.29 is 24.1 Å². The van der Waals surface area contributed by atoms with Crippen LogP contribution in [0.5, 0.6) is 0 Å². The third kappa shape index (κ3) is 4.92. The first-order chi connectivity index (χ1) is 20.2. The van der Waals surface area contributed by atoms with Crippen LogP contribution in [-0.4, -0.2) is 33.7 Å². The minimum absolute atomic E-state index is 0.0217. The Kier molecular flexibility index (Phi) is 7.04. The van der Waals surface area contributed by atoms with Gasteiger partial charge in [0.15, 0.2) is 0 Å². The molecule has 6 rings (SSSR count). The van der Waals surface area contributed by atoms with Crippen molar-refractivity contribution in [3.05, 3.63) is 99.2 Å². The maximum absolute atomic E-state index is 13.3. The molecule has 0 N–H and O–H groups in total. The number of hydrogen-bond acceptors (Lipinski definition) is 8. The molecule has 1 aliphatic rings. The van der Waals surface area contributed by atoms with Crippen molar-refractivity contribution in [2.24, 2.45) is 16.2 Å². The van der Waals surface area contributed by atoms with E-state index in [1.54, 1.807) is 6.92 Å². The van der Waals surface area contributed by atoms with Crippen LogP contribution in [0, 0.1) is 5.92 Å². The van der Waals surface area contributed by atoms with E-state index in [2.05, 4.69) is 33.9 Å². The van der Waals surface area contributed by atoms with Gasteiger partial charge in [-0.3, -0.25) is 4.79 Å². The number of carbonyl (C=O) groups is 3. The quantitative estimate of drug-likeness (QED) is 0.0954. The number of thiophene rings is 1. The van der Waals surface area contributed by atoms with E-state index in [1.807, 2.05) is 60.0 Å². The number of rotatable bonds is 6. The molecule has 0 aliphatic heterocycles. The van der Waals surface area contributed by atoms with E-state index in [4.69, 9.17) is 9.68 Å². The van der Waals surface area contributed by atoms with Gasteiger partial charge in [-0.05, 0) is 78.4 Å². The lowest BCUT2D eigenvalue weighted by atomic mass is 10.0. The van der Waals surface area contributed by atoms with Crippen LogP contribution in [-0.2, 0) is 25.7 Å². The van der Waals surface area contributed by atoms with Gasteiger partial charge in [-0.25, -0.2) is 9.59 Å². The van der Waals surface area contributed by atoms with E-state index >= 15 is 0 Å². The first kappa shape index (κ1) is 27.3. The molecule has 0 amide bonds. The van der Waals surface area contributed by atoms with Crippen LogP contribution in [0.25, 0.3) is 27.5 Å². The molecule has 0 spiro atoms. The van der Waals surface area contributed by atoms with Crippen LogP contribution in [0.15, 0.2) is 82.4 Å². The van der Waals surface area contributed by atoms with Crippen molar-refractivity contribution in [1.82, 2.24) is 4.57 Å². The zero-order valence-electron chi connectivity index (χ0n) is 23.5. The van der Waals surface area contributed by atoms with E-state index in [-0.39, 0.29) is 11.7 Å². The first-order valence-electron chi connectivity index (χ1n) is 13.5. The van der Waals surface area contributed by atoms with Crippen molar-refractivity contribution in [3.8, 4) is 5.69 Å². The average Bonchev–Trinajstić information content (AvgIpc) is 3.69. The summed E-state index contributed by atoms with van der Waals surface area (Å²) in [6, 6.07) is 21.6. The minimum Gasteiger partial charge on any atom is -0.318 e. The molecule has 3 aromatic carbocycles. The fraction of sp³-hybridized carbons (Fsp3) is 0.182. The maximum Gasteiger partial charge on any atom is 0.331 e. The second-order valence-corrected chi connectivity index (χ2v) is 11.3. The topological polar surface area (TPSA) is 99.3 Å². The fourth-order valence-electron chi connectivity index (χ4n) is 5.47. The largest absolute Gasteiger partial charge is 0.331 e. The molecule has 0 saturated carbocycles. The van der Waals surface area contributed by atoms with E-state index in [0.29, 0.717) is 16.2 Å². The normalized spacial score (nSPS) is 15.8. The molecule has 1 aliphatic carbocycles.